The monoisotopic (exact) mass is 285 g/mol. The normalized spacial score (nSPS) is 14.9. The number of aromatic nitrogens is 6. The molecule has 0 bridgehead atoms. The molecule has 1 saturated carbocycles. The van der Waals surface area contributed by atoms with Gasteiger partial charge in [-0.05, 0) is 12.8 Å². The quantitative estimate of drug-likeness (QED) is 0.746. The molecule has 0 amide bonds. The molecule has 3 aromatic heterocycles. The van der Waals surface area contributed by atoms with Crippen LogP contribution in [0, 0.1) is 0 Å². The predicted molar refractivity (Wildman–Crippen MR) is 76.8 cm³/mol. The lowest BCUT2D eigenvalue weighted by Gasteiger charge is -2.04. The lowest BCUT2D eigenvalue weighted by Crippen LogP contribution is -2.24. The van der Waals surface area contributed by atoms with Crippen LogP contribution in [-0.2, 0) is 13.6 Å². The molecule has 0 saturated heterocycles. The topological polar surface area (TPSA) is 96.5 Å². The highest BCUT2D eigenvalue weighted by molar-refractivity contribution is 5.84. The molecule has 1 fully saturated rings. The summed E-state index contributed by atoms with van der Waals surface area (Å²) >= 11 is 0. The first kappa shape index (κ1) is 12.1. The molecule has 1 aliphatic carbocycles. The number of imidazole rings is 1. The van der Waals surface area contributed by atoms with Gasteiger partial charge in [0.2, 0.25) is 0 Å². The summed E-state index contributed by atoms with van der Waals surface area (Å²) in [6.07, 6.45) is 7.40. The van der Waals surface area contributed by atoms with Crippen LogP contribution >= 0.6 is 0 Å². The van der Waals surface area contributed by atoms with Gasteiger partial charge in [-0.2, -0.15) is 5.10 Å². The Bertz CT molecular complexity index is 884. The van der Waals surface area contributed by atoms with Crippen molar-refractivity contribution in [2.24, 2.45) is 7.05 Å². The van der Waals surface area contributed by atoms with Crippen LogP contribution in [0.15, 0.2) is 23.4 Å². The molecule has 8 heteroatoms. The van der Waals surface area contributed by atoms with Crippen LogP contribution in [-0.4, -0.2) is 28.9 Å². The minimum absolute atomic E-state index is 0.0234. The highest BCUT2D eigenvalue weighted by Crippen LogP contribution is 2.33. The zero-order valence-electron chi connectivity index (χ0n) is 11.6. The minimum atomic E-state index is -0.0234. The van der Waals surface area contributed by atoms with Gasteiger partial charge in [-0.1, -0.05) is 0 Å². The first-order valence-corrected chi connectivity index (χ1v) is 6.85. The number of anilines is 1. The van der Waals surface area contributed by atoms with Gasteiger partial charge in [0, 0.05) is 25.5 Å². The van der Waals surface area contributed by atoms with Crippen molar-refractivity contribution in [1.82, 2.24) is 28.9 Å². The van der Waals surface area contributed by atoms with Gasteiger partial charge >= 0.3 is 5.69 Å². The van der Waals surface area contributed by atoms with Crippen LogP contribution in [0.3, 0.4) is 0 Å². The number of hydrogen-bond acceptors (Lipinski definition) is 5. The molecule has 2 N–H and O–H groups in total. The molecule has 0 radical (unpaired) electrons. The third kappa shape index (κ3) is 1.91. The van der Waals surface area contributed by atoms with Crippen LogP contribution in [0.2, 0.25) is 0 Å². The lowest BCUT2D eigenvalue weighted by molar-refractivity contribution is 0.643. The molecule has 4 rings (SSSR count). The molecule has 3 heterocycles. The third-order valence-corrected chi connectivity index (χ3v) is 3.79. The van der Waals surface area contributed by atoms with Crippen molar-refractivity contribution in [3.05, 3.63) is 34.9 Å². The van der Waals surface area contributed by atoms with Crippen LogP contribution in [0.4, 0.5) is 5.82 Å². The maximum atomic E-state index is 12.2. The van der Waals surface area contributed by atoms with Gasteiger partial charge in [-0.15, -0.1) is 0 Å². The van der Waals surface area contributed by atoms with E-state index in [1.54, 1.807) is 33.3 Å². The Morgan fingerprint density at radius 3 is 2.90 bits per heavy atom. The Balaban J connectivity index is 1.74. The van der Waals surface area contributed by atoms with E-state index in [0.29, 0.717) is 29.9 Å². The number of rotatable bonds is 3. The second-order valence-corrected chi connectivity index (χ2v) is 5.38. The van der Waals surface area contributed by atoms with Crippen molar-refractivity contribution in [2.75, 3.05) is 5.73 Å². The second kappa shape index (κ2) is 4.18. The molecule has 8 nitrogen and oxygen atoms in total. The molecule has 108 valence electrons. The standard InChI is InChI=1S/C13H15N7O/c1-18-12-9(6-15-18)11(14)16-10(17-12)7-19-4-5-20(13(19)21)8-2-3-8/h4-6,8H,2-3,7H2,1H3,(H2,14,16,17). The van der Waals surface area contributed by atoms with Crippen molar-refractivity contribution >= 4 is 16.9 Å². The lowest BCUT2D eigenvalue weighted by atomic mass is 10.4. The molecule has 0 spiro atoms. The molecular weight excluding hydrogens is 270 g/mol. The molecular formula is C13H15N7O. The van der Waals surface area contributed by atoms with E-state index < -0.39 is 0 Å². The fourth-order valence-corrected chi connectivity index (χ4v) is 2.49. The average molecular weight is 285 g/mol. The van der Waals surface area contributed by atoms with E-state index >= 15 is 0 Å². The summed E-state index contributed by atoms with van der Waals surface area (Å²) in [6.45, 7) is 0.309. The van der Waals surface area contributed by atoms with Gasteiger partial charge in [0.05, 0.1) is 18.1 Å². The Morgan fingerprint density at radius 1 is 1.33 bits per heavy atom. The van der Waals surface area contributed by atoms with E-state index in [9.17, 15) is 4.79 Å². The van der Waals surface area contributed by atoms with E-state index in [2.05, 4.69) is 15.1 Å². The van der Waals surface area contributed by atoms with Crippen LogP contribution < -0.4 is 11.4 Å². The molecule has 0 unspecified atom stereocenters. The molecule has 0 aromatic carbocycles. The highest BCUT2D eigenvalue weighted by Gasteiger charge is 2.25. The van der Waals surface area contributed by atoms with Crippen LogP contribution in [0.1, 0.15) is 24.7 Å². The zero-order chi connectivity index (χ0) is 14.6. The summed E-state index contributed by atoms with van der Waals surface area (Å²) < 4.78 is 5.02. The summed E-state index contributed by atoms with van der Waals surface area (Å²) in [4.78, 5) is 20.9. The Hall–Kier alpha value is -2.64. The fraction of sp³-hybridized carbons (Fsp3) is 0.385. The van der Waals surface area contributed by atoms with Crippen molar-refractivity contribution in [1.29, 1.82) is 0 Å². The van der Waals surface area contributed by atoms with Crippen LogP contribution in [0.5, 0.6) is 0 Å². The Kier molecular flexibility index (Phi) is 2.41. The Labute approximate surface area is 119 Å². The van der Waals surface area contributed by atoms with Crippen molar-refractivity contribution in [3.63, 3.8) is 0 Å². The smallest absolute Gasteiger partial charge is 0.328 e. The molecule has 3 aromatic rings. The summed E-state index contributed by atoms with van der Waals surface area (Å²) in [7, 11) is 1.80. The van der Waals surface area contributed by atoms with Gasteiger partial charge < -0.3 is 5.73 Å². The number of nitrogens with two attached hydrogens (primary N) is 1. The maximum absolute atomic E-state index is 12.2. The van der Waals surface area contributed by atoms with Gasteiger partial charge in [0.1, 0.15) is 5.82 Å². The second-order valence-electron chi connectivity index (χ2n) is 5.38. The average Bonchev–Trinajstić information content (AvgIpc) is 3.14. The van der Waals surface area contributed by atoms with E-state index in [-0.39, 0.29) is 5.69 Å². The van der Waals surface area contributed by atoms with Crippen molar-refractivity contribution in [3.8, 4) is 0 Å². The Morgan fingerprint density at radius 2 is 2.14 bits per heavy atom. The summed E-state index contributed by atoms with van der Waals surface area (Å²) in [5.74, 6) is 0.900. The predicted octanol–water partition coefficient (Wildman–Crippen LogP) is 0.292. The van der Waals surface area contributed by atoms with Gasteiger partial charge in [0.15, 0.2) is 11.5 Å². The molecule has 0 atom stereocenters. The first-order chi connectivity index (χ1) is 10.1. The number of nitrogens with zero attached hydrogens (tertiary/aromatic N) is 6. The molecule has 1 aliphatic rings. The SMILES string of the molecule is Cn1ncc2c(N)nc(Cn3ccn(C4CC4)c3=O)nc21. The fourth-order valence-electron chi connectivity index (χ4n) is 2.49. The van der Waals surface area contributed by atoms with Gasteiger partial charge in [-0.3, -0.25) is 13.8 Å². The largest absolute Gasteiger partial charge is 0.383 e. The van der Waals surface area contributed by atoms with Crippen LogP contribution in [0.25, 0.3) is 11.0 Å². The zero-order valence-corrected chi connectivity index (χ0v) is 11.6. The first-order valence-electron chi connectivity index (χ1n) is 6.85. The van der Waals surface area contributed by atoms with Gasteiger partial charge in [-0.25, -0.2) is 14.8 Å². The van der Waals surface area contributed by atoms with E-state index in [4.69, 9.17) is 5.73 Å². The van der Waals surface area contributed by atoms with Crippen molar-refractivity contribution < 1.29 is 0 Å². The van der Waals surface area contributed by atoms with Gasteiger partial charge in [0.25, 0.3) is 0 Å². The highest BCUT2D eigenvalue weighted by atomic mass is 16.1. The number of aryl methyl sites for hydroxylation is 1. The minimum Gasteiger partial charge on any atom is -0.383 e. The molecule has 0 aliphatic heterocycles. The summed E-state index contributed by atoms with van der Waals surface area (Å²) in [5.41, 5.74) is 6.58. The summed E-state index contributed by atoms with van der Waals surface area (Å²) in [5, 5.41) is 4.85. The number of nitrogen functional groups attached to an aromatic ring is 1. The summed E-state index contributed by atoms with van der Waals surface area (Å²) in [6, 6.07) is 0.365. The molecule has 21 heavy (non-hydrogen) atoms. The van der Waals surface area contributed by atoms with E-state index in [1.807, 2.05) is 6.20 Å². The van der Waals surface area contributed by atoms with Crippen molar-refractivity contribution in [2.45, 2.75) is 25.4 Å². The third-order valence-electron chi connectivity index (χ3n) is 3.79. The van der Waals surface area contributed by atoms with E-state index in [0.717, 1.165) is 18.2 Å². The van der Waals surface area contributed by atoms with E-state index in [1.165, 1.54) is 0 Å². The number of hydrogen-bond donors (Lipinski definition) is 1. The maximum Gasteiger partial charge on any atom is 0.328 e. The number of fused-ring (bicyclic) bond motifs is 1.